The van der Waals surface area contributed by atoms with Crippen molar-refractivity contribution in [2.75, 3.05) is 39.6 Å². The van der Waals surface area contributed by atoms with Gasteiger partial charge in [0.15, 0.2) is 12.2 Å². The normalized spacial score (nSPS) is 14.3. The quantitative estimate of drug-likeness (QED) is 0.0222. The fourth-order valence-electron chi connectivity index (χ4n) is 11.4. The van der Waals surface area contributed by atoms with Crippen molar-refractivity contribution in [1.29, 1.82) is 0 Å². The van der Waals surface area contributed by atoms with Gasteiger partial charge in [-0.1, -0.05) is 337 Å². The number of rotatable bonds is 74. The first kappa shape index (κ1) is 92.1. The molecule has 0 aromatic rings. The topological polar surface area (TPSA) is 237 Å². The summed E-state index contributed by atoms with van der Waals surface area (Å²) in [5.74, 6) is -0.492. The van der Waals surface area contributed by atoms with Crippen molar-refractivity contribution in [3.63, 3.8) is 0 Å². The number of phosphoric ester groups is 2. The highest BCUT2D eigenvalue weighted by Gasteiger charge is 2.30. The van der Waals surface area contributed by atoms with Gasteiger partial charge in [0.25, 0.3) is 0 Å². The van der Waals surface area contributed by atoms with Crippen LogP contribution < -0.4 is 0 Å². The second-order valence-corrected chi connectivity index (χ2v) is 30.7. The number of ether oxygens (including phenoxy) is 4. The number of esters is 4. The van der Waals surface area contributed by atoms with Crippen LogP contribution in [-0.4, -0.2) is 96.7 Å². The first-order chi connectivity index (χ1) is 45.4. The van der Waals surface area contributed by atoms with E-state index in [1.165, 1.54) is 193 Å². The van der Waals surface area contributed by atoms with E-state index in [9.17, 15) is 43.2 Å². The number of phosphoric acid groups is 2. The lowest BCUT2D eigenvalue weighted by Gasteiger charge is -2.21. The number of hydrogen-bond acceptors (Lipinski definition) is 15. The standard InChI is InChI=1S/C75H146O17P2/c1-7-10-12-14-16-17-18-19-23-30-35-41-47-53-59-74(79)91-70(63-85-72(77)57-51-45-37-15-13-11-8-2)65-89-93(81,82)87-61-69(76)62-88-94(83,84)90-66-71(64-86-73(78)58-52-46-40-34-29-26-25-27-32-38-43-49-55-67(4)5)92-75(80)60-54-48-42-36-31-24-21-20-22-28-33-39-44-50-56-68(6)9-3/h67-71,76H,7-66H2,1-6H3,(H,81,82)(H,83,84)/t68?,69-,70+,71+/m0/s1. The zero-order chi connectivity index (χ0) is 69.3. The molecule has 0 saturated carbocycles. The van der Waals surface area contributed by atoms with E-state index in [4.69, 9.17) is 37.0 Å². The molecule has 0 aliphatic heterocycles. The largest absolute Gasteiger partial charge is 0.472 e. The summed E-state index contributed by atoms with van der Waals surface area (Å²) in [5.41, 5.74) is 0. The van der Waals surface area contributed by atoms with Crippen molar-refractivity contribution in [2.45, 2.75) is 407 Å². The Morgan fingerprint density at radius 2 is 0.543 bits per heavy atom. The Labute approximate surface area is 575 Å². The van der Waals surface area contributed by atoms with Gasteiger partial charge in [0, 0.05) is 25.7 Å². The van der Waals surface area contributed by atoms with Crippen molar-refractivity contribution >= 4 is 39.5 Å². The SMILES string of the molecule is CCCCCCCCCCCCCCCCC(=O)O[C@H](COC(=O)CCCCCCCCC)COP(=O)(O)OC[C@H](O)COP(=O)(O)OC[C@@H](COC(=O)CCCCCCCCCCCCCCC(C)C)OC(=O)CCCCCCCCCCCCCCCCC(C)CC. The van der Waals surface area contributed by atoms with E-state index in [2.05, 4.69) is 41.5 Å². The monoisotopic (exact) mass is 1380 g/mol. The van der Waals surface area contributed by atoms with E-state index >= 15 is 0 Å². The Morgan fingerprint density at radius 3 is 0.809 bits per heavy atom. The molecule has 0 aromatic carbocycles. The molecule has 3 unspecified atom stereocenters. The van der Waals surface area contributed by atoms with Gasteiger partial charge in [-0.3, -0.25) is 37.3 Å². The van der Waals surface area contributed by atoms with Crippen LogP contribution in [0.15, 0.2) is 0 Å². The molecule has 0 spiro atoms. The first-order valence-electron chi connectivity index (χ1n) is 39.0. The Bertz CT molecular complexity index is 1820. The van der Waals surface area contributed by atoms with Crippen LogP contribution in [0, 0.1) is 11.8 Å². The molecule has 0 amide bonds. The summed E-state index contributed by atoms with van der Waals surface area (Å²) < 4.78 is 68.4. The molecule has 0 radical (unpaired) electrons. The van der Waals surface area contributed by atoms with Gasteiger partial charge in [0.05, 0.1) is 26.4 Å². The average molecular weight is 1380 g/mol. The van der Waals surface area contributed by atoms with Crippen LogP contribution in [0.2, 0.25) is 0 Å². The minimum absolute atomic E-state index is 0.108. The number of aliphatic hydroxyl groups excluding tert-OH is 1. The predicted molar refractivity (Wildman–Crippen MR) is 381 cm³/mol. The van der Waals surface area contributed by atoms with Gasteiger partial charge < -0.3 is 33.8 Å². The maximum Gasteiger partial charge on any atom is 0.472 e. The number of hydrogen-bond donors (Lipinski definition) is 3. The summed E-state index contributed by atoms with van der Waals surface area (Å²) in [6.45, 7) is 9.62. The smallest absolute Gasteiger partial charge is 0.462 e. The molecule has 0 aliphatic carbocycles. The molecule has 558 valence electrons. The minimum Gasteiger partial charge on any atom is -0.462 e. The van der Waals surface area contributed by atoms with E-state index in [-0.39, 0.29) is 25.7 Å². The predicted octanol–water partition coefficient (Wildman–Crippen LogP) is 21.9. The Hall–Kier alpha value is -1.94. The third-order valence-corrected chi connectivity index (χ3v) is 19.7. The molecule has 3 N–H and O–H groups in total. The number of carbonyl (C=O) groups is 4. The zero-order valence-electron chi connectivity index (χ0n) is 61.3. The van der Waals surface area contributed by atoms with E-state index in [0.29, 0.717) is 25.7 Å². The van der Waals surface area contributed by atoms with E-state index in [0.717, 1.165) is 115 Å². The molecule has 0 rings (SSSR count). The lowest BCUT2D eigenvalue weighted by molar-refractivity contribution is -0.161. The molecule has 0 fully saturated rings. The third-order valence-electron chi connectivity index (χ3n) is 17.8. The highest BCUT2D eigenvalue weighted by molar-refractivity contribution is 7.47. The molecule has 17 nitrogen and oxygen atoms in total. The van der Waals surface area contributed by atoms with Crippen molar-refractivity contribution in [3.05, 3.63) is 0 Å². The van der Waals surface area contributed by atoms with E-state index in [1.54, 1.807) is 0 Å². The van der Waals surface area contributed by atoms with Gasteiger partial charge in [-0.15, -0.1) is 0 Å². The van der Waals surface area contributed by atoms with Gasteiger partial charge in [0.1, 0.15) is 19.3 Å². The molecule has 0 heterocycles. The number of unbranched alkanes of at least 4 members (excludes halogenated alkanes) is 43. The minimum atomic E-state index is -4.96. The van der Waals surface area contributed by atoms with Crippen LogP contribution in [0.4, 0.5) is 0 Å². The molecule has 0 aliphatic rings. The van der Waals surface area contributed by atoms with Crippen molar-refractivity contribution in [1.82, 2.24) is 0 Å². The molecule has 19 heteroatoms. The second-order valence-electron chi connectivity index (χ2n) is 27.8. The van der Waals surface area contributed by atoms with Gasteiger partial charge in [-0.05, 0) is 37.5 Å². The van der Waals surface area contributed by atoms with Crippen LogP contribution in [0.25, 0.3) is 0 Å². The molecular formula is C75H146O17P2. The Kier molecular flexibility index (Phi) is 65.5. The number of carbonyl (C=O) groups excluding carboxylic acids is 4. The van der Waals surface area contributed by atoms with E-state index < -0.39 is 97.5 Å². The molecular weight excluding hydrogens is 1230 g/mol. The summed E-state index contributed by atoms with van der Waals surface area (Å²) in [6, 6.07) is 0. The van der Waals surface area contributed by atoms with Crippen LogP contribution in [0.1, 0.15) is 388 Å². The average Bonchev–Trinajstić information content (AvgIpc) is 3.10. The van der Waals surface area contributed by atoms with Gasteiger partial charge in [-0.25, -0.2) is 9.13 Å². The van der Waals surface area contributed by atoms with Gasteiger partial charge in [-0.2, -0.15) is 0 Å². The summed E-state index contributed by atoms with van der Waals surface area (Å²) >= 11 is 0. The molecule has 6 atom stereocenters. The Balaban J connectivity index is 5.20. The van der Waals surface area contributed by atoms with Crippen molar-refractivity contribution in [3.8, 4) is 0 Å². The van der Waals surface area contributed by atoms with Crippen LogP contribution in [0.3, 0.4) is 0 Å². The maximum atomic E-state index is 13.1. The summed E-state index contributed by atoms with van der Waals surface area (Å²) in [6.07, 6.45) is 54.1. The third kappa shape index (κ3) is 67.3. The molecule has 0 saturated heterocycles. The lowest BCUT2D eigenvalue weighted by atomic mass is 9.99. The molecule has 0 bridgehead atoms. The highest BCUT2D eigenvalue weighted by Crippen LogP contribution is 2.45. The lowest BCUT2D eigenvalue weighted by Crippen LogP contribution is -2.30. The van der Waals surface area contributed by atoms with Crippen LogP contribution >= 0.6 is 15.6 Å². The fourth-order valence-corrected chi connectivity index (χ4v) is 13.0. The van der Waals surface area contributed by atoms with Crippen LogP contribution in [0.5, 0.6) is 0 Å². The number of aliphatic hydroxyl groups is 1. The van der Waals surface area contributed by atoms with Gasteiger partial charge >= 0.3 is 39.5 Å². The zero-order valence-corrected chi connectivity index (χ0v) is 63.1. The summed E-state index contributed by atoms with van der Waals surface area (Å²) in [4.78, 5) is 72.6. The van der Waals surface area contributed by atoms with Crippen LogP contribution in [-0.2, 0) is 65.4 Å². The summed E-state index contributed by atoms with van der Waals surface area (Å²) in [5, 5.41) is 10.6. The first-order valence-corrected chi connectivity index (χ1v) is 42.0. The summed E-state index contributed by atoms with van der Waals surface area (Å²) in [7, 11) is -9.90. The highest BCUT2D eigenvalue weighted by atomic mass is 31.2. The van der Waals surface area contributed by atoms with Crippen molar-refractivity contribution < 1.29 is 80.2 Å². The van der Waals surface area contributed by atoms with Gasteiger partial charge in [0.2, 0.25) is 0 Å². The van der Waals surface area contributed by atoms with Crippen molar-refractivity contribution in [2.24, 2.45) is 11.8 Å². The maximum absolute atomic E-state index is 13.1. The fraction of sp³-hybridized carbons (Fsp3) is 0.947. The molecule has 94 heavy (non-hydrogen) atoms. The second kappa shape index (κ2) is 66.9. The Morgan fingerprint density at radius 1 is 0.309 bits per heavy atom. The molecule has 0 aromatic heterocycles. The van der Waals surface area contributed by atoms with E-state index in [1.807, 2.05) is 0 Å².